The number of hydrogen-bond acceptors (Lipinski definition) is 2. The highest BCUT2D eigenvalue weighted by Gasteiger charge is 2.18. The zero-order chi connectivity index (χ0) is 15.5. The van der Waals surface area contributed by atoms with Gasteiger partial charge in [-0.2, -0.15) is 0 Å². The summed E-state index contributed by atoms with van der Waals surface area (Å²) in [5, 5.41) is 3.59. The summed E-state index contributed by atoms with van der Waals surface area (Å²) in [6, 6.07) is 13.1. The molecule has 21 heavy (non-hydrogen) atoms. The molecule has 2 aromatic carbocycles. The van der Waals surface area contributed by atoms with Crippen molar-refractivity contribution in [2.24, 2.45) is 0 Å². The third-order valence-corrected chi connectivity index (χ3v) is 4.82. The van der Waals surface area contributed by atoms with Crippen molar-refractivity contribution in [2.45, 2.75) is 20.3 Å². The van der Waals surface area contributed by atoms with Crippen molar-refractivity contribution in [3.63, 3.8) is 0 Å². The van der Waals surface area contributed by atoms with Gasteiger partial charge in [-0.3, -0.25) is 4.57 Å². The number of aryl methyl sites for hydroxylation is 1. The van der Waals surface area contributed by atoms with Gasteiger partial charge >= 0.3 is 7.52 Å². The molecule has 0 aliphatic heterocycles. The van der Waals surface area contributed by atoms with Crippen molar-refractivity contribution < 1.29 is 9.09 Å². The first-order valence-corrected chi connectivity index (χ1v) is 9.26. The number of rotatable bonds is 5. The first-order chi connectivity index (χ1) is 9.91. The number of hydrogen-bond donors (Lipinski definition) is 1. The SMILES string of the molecule is CCc1ccc(O[P@@](C)(=O)Nc2cccc(Cl)c2C)cc1. The highest BCUT2D eigenvalue weighted by atomic mass is 35.5. The Balaban J connectivity index is 2.14. The molecule has 0 unspecified atom stereocenters. The molecule has 0 spiro atoms. The van der Waals surface area contributed by atoms with E-state index in [0.29, 0.717) is 10.8 Å². The third kappa shape index (κ3) is 4.26. The van der Waals surface area contributed by atoms with Crippen molar-refractivity contribution in [3.05, 3.63) is 58.6 Å². The molecule has 5 heteroatoms. The van der Waals surface area contributed by atoms with E-state index < -0.39 is 7.52 Å². The molecule has 0 fully saturated rings. The van der Waals surface area contributed by atoms with Gasteiger partial charge in [0.05, 0.1) is 0 Å². The molecule has 1 N–H and O–H groups in total. The van der Waals surface area contributed by atoms with Crippen LogP contribution in [0.15, 0.2) is 42.5 Å². The van der Waals surface area contributed by atoms with Crippen LogP contribution in [0.1, 0.15) is 18.1 Å². The van der Waals surface area contributed by atoms with Gasteiger partial charge < -0.3 is 9.61 Å². The molecule has 0 aliphatic rings. The first-order valence-electron chi connectivity index (χ1n) is 6.81. The predicted octanol–water partition coefficient (Wildman–Crippen LogP) is 5.52. The van der Waals surface area contributed by atoms with Crippen LogP contribution in [0.4, 0.5) is 5.69 Å². The van der Waals surface area contributed by atoms with E-state index in [1.165, 1.54) is 5.56 Å². The van der Waals surface area contributed by atoms with Gasteiger partial charge in [-0.1, -0.05) is 36.7 Å². The molecular weight excluding hydrogens is 305 g/mol. The zero-order valence-electron chi connectivity index (χ0n) is 12.4. The Bertz CT molecular complexity index is 670. The number of halogens is 1. The number of anilines is 1. The molecule has 3 nitrogen and oxygen atoms in total. The third-order valence-electron chi connectivity index (χ3n) is 3.20. The fraction of sp³-hybridized carbons (Fsp3) is 0.250. The highest BCUT2D eigenvalue weighted by Crippen LogP contribution is 2.44. The minimum Gasteiger partial charge on any atom is -0.429 e. The van der Waals surface area contributed by atoms with E-state index in [1.807, 2.05) is 43.3 Å². The quantitative estimate of drug-likeness (QED) is 0.736. The average Bonchev–Trinajstić information content (AvgIpc) is 2.44. The lowest BCUT2D eigenvalue weighted by atomic mass is 10.2. The molecular formula is C16H19ClNO2P. The van der Waals surface area contributed by atoms with E-state index in [0.717, 1.165) is 17.7 Å². The Labute approximate surface area is 130 Å². The molecule has 0 aromatic heterocycles. The summed E-state index contributed by atoms with van der Waals surface area (Å²) >= 11 is 6.07. The minimum atomic E-state index is -3.02. The van der Waals surface area contributed by atoms with Crippen LogP contribution in [-0.2, 0) is 11.0 Å². The second-order valence-electron chi connectivity index (χ2n) is 4.96. The lowest BCUT2D eigenvalue weighted by Gasteiger charge is -2.19. The van der Waals surface area contributed by atoms with Crippen molar-refractivity contribution in [3.8, 4) is 5.75 Å². The lowest BCUT2D eigenvalue weighted by molar-refractivity contribution is 0.493. The van der Waals surface area contributed by atoms with Crippen molar-refractivity contribution in [2.75, 3.05) is 11.8 Å². The van der Waals surface area contributed by atoms with Crippen LogP contribution in [0, 0.1) is 6.92 Å². The average molecular weight is 324 g/mol. The number of benzene rings is 2. The maximum atomic E-state index is 12.6. The molecule has 0 bridgehead atoms. The van der Waals surface area contributed by atoms with Gasteiger partial charge in [-0.15, -0.1) is 0 Å². The Morgan fingerprint density at radius 3 is 2.48 bits per heavy atom. The number of nitrogens with one attached hydrogen (secondary N) is 1. The fourth-order valence-corrected chi connectivity index (χ4v) is 3.38. The Morgan fingerprint density at radius 2 is 1.86 bits per heavy atom. The monoisotopic (exact) mass is 323 g/mol. The summed E-state index contributed by atoms with van der Waals surface area (Å²) in [6.45, 7) is 5.52. The summed E-state index contributed by atoms with van der Waals surface area (Å²) in [7, 11) is -3.02. The van der Waals surface area contributed by atoms with Crippen LogP contribution in [0.5, 0.6) is 5.75 Å². The largest absolute Gasteiger partial charge is 0.429 e. The van der Waals surface area contributed by atoms with Crippen molar-refractivity contribution in [1.29, 1.82) is 0 Å². The van der Waals surface area contributed by atoms with Gasteiger partial charge in [0.1, 0.15) is 5.75 Å². The Kier molecular flexibility index (Phi) is 4.97. The smallest absolute Gasteiger partial charge is 0.338 e. The molecule has 2 aromatic rings. The van der Waals surface area contributed by atoms with Gasteiger partial charge in [-0.05, 0) is 48.7 Å². The predicted molar refractivity (Wildman–Crippen MR) is 89.8 cm³/mol. The summed E-state index contributed by atoms with van der Waals surface area (Å²) in [5.41, 5.74) is 2.79. The van der Waals surface area contributed by atoms with Crippen LogP contribution < -0.4 is 9.61 Å². The standard InChI is InChI=1S/C16H19ClNO2P/c1-4-13-8-10-14(11-9-13)20-21(3,19)18-16-7-5-6-15(17)12(16)2/h5-11H,4H2,1-3H3,(H,18,19)/t21-/m1/s1. The maximum absolute atomic E-state index is 12.6. The molecule has 0 saturated carbocycles. The second-order valence-corrected chi connectivity index (χ2v) is 7.46. The first kappa shape index (κ1) is 15.9. The van der Waals surface area contributed by atoms with Gasteiger partial charge in [0.15, 0.2) is 0 Å². The van der Waals surface area contributed by atoms with Crippen LogP contribution in [0.25, 0.3) is 0 Å². The molecule has 0 heterocycles. The van der Waals surface area contributed by atoms with E-state index in [1.54, 1.807) is 12.7 Å². The molecule has 1 atom stereocenters. The molecule has 0 aliphatic carbocycles. The molecule has 0 amide bonds. The van der Waals surface area contributed by atoms with E-state index >= 15 is 0 Å². The van der Waals surface area contributed by atoms with E-state index in [4.69, 9.17) is 16.1 Å². The Hall–Kier alpha value is -1.44. The van der Waals surface area contributed by atoms with Crippen molar-refractivity contribution >= 4 is 24.8 Å². The summed E-state index contributed by atoms with van der Waals surface area (Å²) in [4.78, 5) is 0. The lowest BCUT2D eigenvalue weighted by Crippen LogP contribution is -2.03. The molecule has 0 saturated heterocycles. The van der Waals surface area contributed by atoms with Crippen LogP contribution in [0.2, 0.25) is 5.02 Å². The van der Waals surface area contributed by atoms with Gasteiger partial charge in [0.25, 0.3) is 0 Å². The maximum Gasteiger partial charge on any atom is 0.338 e. The summed E-state index contributed by atoms with van der Waals surface area (Å²) in [6.07, 6.45) is 0.962. The van der Waals surface area contributed by atoms with Gasteiger partial charge in [0.2, 0.25) is 0 Å². The highest BCUT2D eigenvalue weighted by molar-refractivity contribution is 7.60. The van der Waals surface area contributed by atoms with Gasteiger partial charge in [0, 0.05) is 17.4 Å². The van der Waals surface area contributed by atoms with Crippen molar-refractivity contribution in [1.82, 2.24) is 0 Å². The molecule has 112 valence electrons. The van der Waals surface area contributed by atoms with Crippen LogP contribution in [-0.4, -0.2) is 6.66 Å². The summed E-state index contributed by atoms with van der Waals surface area (Å²) in [5.74, 6) is 0.588. The molecule has 2 rings (SSSR count). The van der Waals surface area contributed by atoms with Crippen LogP contribution >= 0.6 is 19.1 Å². The fourth-order valence-electron chi connectivity index (χ4n) is 1.96. The topological polar surface area (TPSA) is 38.3 Å². The van der Waals surface area contributed by atoms with Crippen LogP contribution in [0.3, 0.4) is 0 Å². The molecule has 0 radical (unpaired) electrons. The summed E-state index contributed by atoms with van der Waals surface area (Å²) < 4.78 is 18.2. The van der Waals surface area contributed by atoms with E-state index in [-0.39, 0.29) is 0 Å². The van der Waals surface area contributed by atoms with Gasteiger partial charge in [-0.25, -0.2) is 0 Å². The Morgan fingerprint density at radius 1 is 1.19 bits per heavy atom. The van der Waals surface area contributed by atoms with E-state index in [2.05, 4.69) is 12.0 Å². The zero-order valence-corrected chi connectivity index (χ0v) is 14.0. The second kappa shape index (κ2) is 6.55. The van der Waals surface area contributed by atoms with E-state index in [9.17, 15) is 4.57 Å². The normalized spacial score (nSPS) is 13.5. The minimum absolute atomic E-state index is 0.588.